The Morgan fingerprint density at radius 1 is 0.220 bits per heavy atom. The first-order chi connectivity index (χ1) is 21.0. The predicted molar refractivity (Wildman–Crippen MR) is 181 cm³/mol. The smallest absolute Gasteiger partial charge is 0.159 e. The first kappa shape index (κ1) is 56.2. The number of benzene rings is 5. The van der Waals surface area contributed by atoms with Crippen LogP contribution in [0.3, 0.4) is 0 Å². The van der Waals surface area contributed by atoms with Crippen molar-refractivity contribution in [2.75, 3.05) is 0 Å². The van der Waals surface area contributed by atoms with E-state index in [1.54, 1.807) is 0 Å². The highest BCUT2D eigenvalue weighted by Crippen LogP contribution is 2.14. The molecule has 0 N–H and O–H groups in total. The van der Waals surface area contributed by atoms with Gasteiger partial charge in [-0.25, -0.2) is 43.9 Å². The zero-order chi connectivity index (χ0) is 34.3. The van der Waals surface area contributed by atoms with Crippen LogP contribution < -0.4 is 0 Å². The molecule has 0 spiro atoms. The van der Waals surface area contributed by atoms with Crippen molar-refractivity contribution in [2.24, 2.45) is 0 Å². The summed E-state index contributed by atoms with van der Waals surface area (Å²) < 4.78 is 121. The summed E-state index contributed by atoms with van der Waals surface area (Å²) in [5, 5.41) is 0. The van der Waals surface area contributed by atoms with Gasteiger partial charge in [-0.3, -0.25) is 23.5 Å². The first-order valence-electron chi connectivity index (χ1n) is 11.7. The van der Waals surface area contributed by atoms with Crippen molar-refractivity contribution in [1.29, 1.82) is 0 Å². The van der Waals surface area contributed by atoms with Crippen molar-refractivity contribution in [1.82, 2.24) is 0 Å². The van der Waals surface area contributed by atoms with E-state index in [1.807, 2.05) is 0 Å². The molecule has 0 amide bonds. The molecule has 0 fully saturated rings. The zero-order valence-corrected chi connectivity index (χ0v) is 28.7. The molecule has 0 atom stereocenters. The summed E-state index contributed by atoms with van der Waals surface area (Å²) >= 11 is 19.0. The van der Waals surface area contributed by atoms with Crippen LogP contribution in [0.1, 0.15) is 0 Å². The van der Waals surface area contributed by atoms with Gasteiger partial charge >= 0.3 is 0 Å². The fourth-order valence-corrected chi connectivity index (χ4v) is 3.36. The van der Waals surface area contributed by atoms with Gasteiger partial charge in [0.1, 0.15) is 0 Å². The van der Waals surface area contributed by atoms with Gasteiger partial charge < -0.3 is 0 Å². The SMILES string of the molecule is F.F.F.F.F.Fc1ccc(S)cc1F.Fc1ccc(S)cc1F.Fc1ccc(S)cc1F.Fc1ccc(S)cc1F.Fc1ccc(S)cc1F. The topological polar surface area (TPSA) is 0 Å². The average molecular weight is 831 g/mol. The van der Waals surface area contributed by atoms with Crippen LogP contribution in [-0.2, 0) is 0 Å². The van der Waals surface area contributed by atoms with Gasteiger partial charge in [-0.2, -0.15) is 0 Å². The summed E-state index contributed by atoms with van der Waals surface area (Å²) in [6, 6.07) is 17.3. The van der Waals surface area contributed by atoms with Crippen LogP contribution in [0.4, 0.5) is 67.4 Å². The van der Waals surface area contributed by atoms with E-state index in [-0.39, 0.29) is 23.5 Å². The molecule has 0 aliphatic carbocycles. The van der Waals surface area contributed by atoms with Gasteiger partial charge in [0.15, 0.2) is 58.2 Å². The second kappa shape index (κ2) is 28.5. The van der Waals surface area contributed by atoms with Crippen LogP contribution in [0.25, 0.3) is 0 Å². The highest BCUT2D eigenvalue weighted by Gasteiger charge is 2.01. The molecule has 5 aromatic carbocycles. The van der Waals surface area contributed by atoms with Crippen molar-refractivity contribution < 1.29 is 67.4 Å². The largest absolute Gasteiger partial charge is 0.269 e. The zero-order valence-electron chi connectivity index (χ0n) is 24.2. The van der Waals surface area contributed by atoms with E-state index in [2.05, 4.69) is 63.1 Å². The Morgan fingerprint density at radius 3 is 0.420 bits per heavy atom. The van der Waals surface area contributed by atoms with Crippen molar-refractivity contribution in [3.63, 3.8) is 0 Å². The summed E-state index contributed by atoms with van der Waals surface area (Å²) in [6.07, 6.45) is 0. The highest BCUT2D eigenvalue weighted by molar-refractivity contribution is 7.81. The number of hydrogen-bond donors (Lipinski definition) is 5. The number of thiol groups is 5. The van der Waals surface area contributed by atoms with Crippen molar-refractivity contribution >= 4 is 63.1 Å². The Hall–Kier alpha value is -3.20. The summed E-state index contributed by atoms with van der Waals surface area (Å²) in [4.78, 5) is 2.12. The number of halogens is 15. The highest BCUT2D eigenvalue weighted by atomic mass is 32.1. The van der Waals surface area contributed by atoms with E-state index in [4.69, 9.17) is 0 Å². The molecule has 0 radical (unpaired) electrons. The van der Waals surface area contributed by atoms with Crippen LogP contribution in [0.2, 0.25) is 0 Å². The molecule has 0 unspecified atom stereocenters. The summed E-state index contributed by atoms with van der Waals surface area (Å²) in [7, 11) is 0. The fourth-order valence-electron chi connectivity index (χ4n) is 2.43. The second-order valence-electron chi connectivity index (χ2n) is 7.99. The van der Waals surface area contributed by atoms with E-state index in [0.717, 1.165) is 60.7 Å². The second-order valence-corrected chi connectivity index (χ2v) is 10.6. The molecule has 0 nitrogen and oxygen atoms in total. The van der Waals surface area contributed by atoms with E-state index in [0.29, 0.717) is 24.5 Å². The van der Waals surface area contributed by atoms with E-state index >= 15 is 0 Å². The van der Waals surface area contributed by atoms with E-state index < -0.39 is 58.2 Å². The van der Waals surface area contributed by atoms with Gasteiger partial charge in [0.2, 0.25) is 0 Å². The lowest BCUT2D eigenvalue weighted by atomic mass is 10.3. The quantitative estimate of drug-likeness (QED) is 0.0745. The molecule has 0 saturated heterocycles. The Kier molecular flexibility index (Phi) is 32.0. The minimum atomic E-state index is -0.859. The predicted octanol–water partition coefficient (Wildman–Crippen LogP) is 12.0. The normalized spacial score (nSPS) is 8.70. The lowest BCUT2D eigenvalue weighted by Gasteiger charge is -1.91. The third-order valence-corrected chi connectivity index (χ3v) is 5.91. The Balaban J connectivity index is -0.000000165. The molecular formula is C30H25F15S5. The molecule has 0 bridgehead atoms. The van der Waals surface area contributed by atoms with Crippen molar-refractivity contribution in [3.05, 3.63) is 149 Å². The Morgan fingerprint density at radius 2 is 0.340 bits per heavy atom. The lowest BCUT2D eigenvalue weighted by Crippen LogP contribution is -1.80. The first-order valence-corrected chi connectivity index (χ1v) is 13.9. The third kappa shape index (κ3) is 22.5. The molecule has 20 heteroatoms. The maximum absolute atomic E-state index is 12.2. The van der Waals surface area contributed by atoms with Crippen LogP contribution in [0.5, 0.6) is 0 Å². The van der Waals surface area contributed by atoms with Gasteiger partial charge in [0.25, 0.3) is 0 Å². The molecule has 280 valence electrons. The molecule has 5 rings (SSSR count). The van der Waals surface area contributed by atoms with Gasteiger partial charge in [0, 0.05) is 24.5 Å². The summed E-state index contributed by atoms with van der Waals surface area (Å²) in [5.74, 6) is -8.49. The molecule has 0 heterocycles. The maximum atomic E-state index is 12.2. The van der Waals surface area contributed by atoms with E-state index in [1.165, 1.54) is 30.3 Å². The average Bonchev–Trinajstić information content (AvgIpc) is 2.97. The molecule has 5 aromatic rings. The van der Waals surface area contributed by atoms with Gasteiger partial charge in [0.05, 0.1) is 0 Å². The minimum Gasteiger partial charge on any atom is -0.269 e. The summed E-state index contributed by atoms with van der Waals surface area (Å²) in [5.41, 5.74) is 0. The number of hydrogen-bond acceptors (Lipinski definition) is 5. The number of rotatable bonds is 0. The summed E-state index contributed by atoms with van der Waals surface area (Å²) in [6.45, 7) is 0. The van der Waals surface area contributed by atoms with Crippen LogP contribution in [0.15, 0.2) is 115 Å². The van der Waals surface area contributed by atoms with Gasteiger partial charge in [-0.05, 0) is 91.0 Å². The Bertz CT molecular complexity index is 1410. The van der Waals surface area contributed by atoms with Crippen molar-refractivity contribution in [2.45, 2.75) is 24.5 Å². The standard InChI is InChI=1S/5C6H4F2S.5FH/c5*7-5-2-1-4(9)3-6(5)8;;;;;/h5*1-3,9H;5*1H. The van der Waals surface area contributed by atoms with Crippen LogP contribution >= 0.6 is 63.1 Å². The van der Waals surface area contributed by atoms with Crippen LogP contribution in [-0.4, -0.2) is 0 Å². The monoisotopic (exact) mass is 830 g/mol. The molecule has 0 aliphatic rings. The molecular weight excluding hydrogens is 806 g/mol. The van der Waals surface area contributed by atoms with Gasteiger partial charge in [-0.15, -0.1) is 63.1 Å². The van der Waals surface area contributed by atoms with Gasteiger partial charge in [-0.1, -0.05) is 0 Å². The molecule has 0 saturated carbocycles. The third-order valence-electron chi connectivity index (χ3n) is 4.52. The fraction of sp³-hybridized carbons (Fsp3) is 0. The van der Waals surface area contributed by atoms with E-state index in [9.17, 15) is 43.9 Å². The molecule has 50 heavy (non-hydrogen) atoms. The Labute approximate surface area is 303 Å². The molecule has 0 aliphatic heterocycles. The van der Waals surface area contributed by atoms with Crippen LogP contribution in [0, 0.1) is 58.2 Å². The van der Waals surface area contributed by atoms with Crippen molar-refractivity contribution in [3.8, 4) is 0 Å². The minimum absolute atomic E-state index is 0. The lowest BCUT2D eigenvalue weighted by molar-refractivity contribution is 0.506. The molecule has 0 aromatic heterocycles. The maximum Gasteiger partial charge on any atom is 0.159 e.